The third-order valence-electron chi connectivity index (χ3n) is 1.77. The Morgan fingerprint density at radius 2 is 1.67 bits per heavy atom. The molecule has 0 saturated heterocycles. The summed E-state index contributed by atoms with van der Waals surface area (Å²) in [5.74, 6) is -1.37. The fraction of sp³-hybridized carbons (Fsp3) is 0.692. The minimum atomic E-state index is -1.15. The summed E-state index contributed by atoms with van der Waals surface area (Å²) < 4.78 is 21.9. The highest BCUT2D eigenvalue weighted by Crippen LogP contribution is 2.16. The molecule has 4 nitrogen and oxygen atoms in total. The molecule has 0 bridgehead atoms. The molecular formula is C13H21FO4. The quantitative estimate of drug-likeness (QED) is 0.563. The van der Waals surface area contributed by atoms with Crippen LogP contribution >= 0.6 is 0 Å². The summed E-state index contributed by atoms with van der Waals surface area (Å²) in [4.78, 5) is 22.1. The van der Waals surface area contributed by atoms with Crippen molar-refractivity contribution in [1.29, 1.82) is 0 Å². The predicted molar refractivity (Wildman–Crippen MR) is 65.7 cm³/mol. The SMILES string of the molecule is CC(C)(C)OC(=O)/C=C\CC(C)(C)OC(=O)CF. The highest BCUT2D eigenvalue weighted by molar-refractivity contribution is 5.82. The zero-order valence-electron chi connectivity index (χ0n) is 11.6. The highest BCUT2D eigenvalue weighted by Gasteiger charge is 2.21. The fourth-order valence-corrected chi connectivity index (χ4v) is 1.15. The minimum Gasteiger partial charge on any atom is -0.457 e. The summed E-state index contributed by atoms with van der Waals surface area (Å²) >= 11 is 0. The lowest BCUT2D eigenvalue weighted by molar-refractivity contribution is -0.157. The second-order valence-electron chi connectivity index (χ2n) is 5.51. The molecule has 0 radical (unpaired) electrons. The van der Waals surface area contributed by atoms with Gasteiger partial charge < -0.3 is 9.47 Å². The normalized spacial score (nSPS) is 12.6. The van der Waals surface area contributed by atoms with Gasteiger partial charge in [0.1, 0.15) is 11.2 Å². The number of ether oxygens (including phenoxy) is 2. The fourth-order valence-electron chi connectivity index (χ4n) is 1.15. The Kier molecular flexibility index (Phi) is 6.01. The molecule has 0 aliphatic rings. The molecule has 0 N–H and O–H groups in total. The molecule has 0 saturated carbocycles. The molecule has 0 fully saturated rings. The summed E-state index contributed by atoms with van der Waals surface area (Å²) in [5.41, 5.74) is -1.39. The van der Waals surface area contributed by atoms with E-state index in [4.69, 9.17) is 9.47 Å². The van der Waals surface area contributed by atoms with Gasteiger partial charge in [-0.3, -0.25) is 0 Å². The van der Waals surface area contributed by atoms with Crippen molar-refractivity contribution in [1.82, 2.24) is 0 Å². The van der Waals surface area contributed by atoms with E-state index in [1.807, 2.05) is 0 Å². The second-order valence-corrected chi connectivity index (χ2v) is 5.51. The van der Waals surface area contributed by atoms with Crippen molar-refractivity contribution in [2.45, 2.75) is 52.2 Å². The van der Waals surface area contributed by atoms with Crippen LogP contribution in [0.15, 0.2) is 12.2 Å². The van der Waals surface area contributed by atoms with Gasteiger partial charge in [0.15, 0.2) is 6.67 Å². The molecule has 0 aliphatic heterocycles. The van der Waals surface area contributed by atoms with Crippen LogP contribution in [-0.4, -0.2) is 29.8 Å². The van der Waals surface area contributed by atoms with Crippen LogP contribution < -0.4 is 0 Å². The number of hydrogen-bond acceptors (Lipinski definition) is 4. The maximum atomic E-state index is 12.0. The van der Waals surface area contributed by atoms with Gasteiger partial charge in [0, 0.05) is 12.5 Å². The maximum absolute atomic E-state index is 12.0. The molecule has 18 heavy (non-hydrogen) atoms. The van der Waals surface area contributed by atoms with E-state index in [2.05, 4.69) is 0 Å². The van der Waals surface area contributed by atoms with Crippen LogP contribution in [0, 0.1) is 0 Å². The van der Waals surface area contributed by atoms with Crippen molar-refractivity contribution in [2.75, 3.05) is 6.67 Å². The monoisotopic (exact) mass is 260 g/mol. The van der Waals surface area contributed by atoms with Crippen molar-refractivity contribution < 1.29 is 23.5 Å². The molecule has 0 rings (SSSR count). The lowest BCUT2D eigenvalue weighted by Crippen LogP contribution is -2.28. The standard InChI is InChI=1S/C13H21FO4/c1-12(2,3)17-10(15)7-6-8-13(4,5)18-11(16)9-14/h6-7H,8-9H2,1-5H3/b7-6-. The Balaban J connectivity index is 4.22. The number of esters is 2. The third-order valence-corrected chi connectivity index (χ3v) is 1.77. The number of hydrogen-bond donors (Lipinski definition) is 0. The Hall–Kier alpha value is -1.39. The van der Waals surface area contributed by atoms with Crippen molar-refractivity contribution in [3.63, 3.8) is 0 Å². The molecule has 104 valence electrons. The molecule has 0 aromatic heterocycles. The molecule has 5 heteroatoms. The summed E-state index contributed by atoms with van der Waals surface area (Å²) in [6.07, 6.45) is 3.12. The Labute approximate surface area is 107 Å². The average molecular weight is 260 g/mol. The number of carbonyl (C=O) groups is 2. The summed E-state index contributed by atoms with van der Waals surface area (Å²) in [7, 11) is 0. The van der Waals surface area contributed by atoms with E-state index in [1.165, 1.54) is 6.08 Å². The van der Waals surface area contributed by atoms with E-state index < -0.39 is 29.8 Å². The van der Waals surface area contributed by atoms with Gasteiger partial charge in [-0.2, -0.15) is 0 Å². The van der Waals surface area contributed by atoms with Crippen LogP contribution in [-0.2, 0) is 19.1 Å². The molecule has 0 heterocycles. The van der Waals surface area contributed by atoms with Crippen molar-refractivity contribution in [3.8, 4) is 0 Å². The number of halogens is 1. The molecule has 0 atom stereocenters. The van der Waals surface area contributed by atoms with Crippen LogP contribution in [0.1, 0.15) is 41.0 Å². The maximum Gasteiger partial charge on any atom is 0.338 e. The van der Waals surface area contributed by atoms with Crippen LogP contribution in [0.2, 0.25) is 0 Å². The van der Waals surface area contributed by atoms with Crippen LogP contribution in [0.5, 0.6) is 0 Å². The smallest absolute Gasteiger partial charge is 0.338 e. The highest BCUT2D eigenvalue weighted by atomic mass is 19.1. The zero-order valence-corrected chi connectivity index (χ0v) is 11.6. The topological polar surface area (TPSA) is 52.6 Å². The second kappa shape index (κ2) is 6.52. The van der Waals surface area contributed by atoms with E-state index >= 15 is 0 Å². The number of carbonyl (C=O) groups excluding carboxylic acids is 2. The summed E-state index contributed by atoms with van der Waals surface area (Å²) in [6.45, 7) is 7.43. The lowest BCUT2D eigenvalue weighted by Gasteiger charge is -2.23. The molecule has 0 amide bonds. The van der Waals surface area contributed by atoms with Gasteiger partial charge >= 0.3 is 11.9 Å². The van der Waals surface area contributed by atoms with Crippen molar-refractivity contribution in [3.05, 3.63) is 12.2 Å². The van der Waals surface area contributed by atoms with Gasteiger partial charge in [-0.15, -0.1) is 0 Å². The summed E-state index contributed by atoms with van der Waals surface area (Å²) in [5, 5.41) is 0. The predicted octanol–water partition coefficient (Wildman–Crippen LogP) is 2.57. The van der Waals surface area contributed by atoms with Gasteiger partial charge in [-0.05, 0) is 34.6 Å². The van der Waals surface area contributed by atoms with Crippen molar-refractivity contribution in [2.24, 2.45) is 0 Å². The minimum absolute atomic E-state index is 0.304. The zero-order chi connectivity index (χ0) is 14.4. The molecule has 0 spiro atoms. The lowest BCUT2D eigenvalue weighted by atomic mass is 10.1. The molecular weight excluding hydrogens is 239 g/mol. The van der Waals surface area contributed by atoms with Gasteiger partial charge in [-0.25, -0.2) is 14.0 Å². The van der Waals surface area contributed by atoms with Gasteiger partial charge in [0.2, 0.25) is 0 Å². The Bertz CT molecular complexity index is 326. The number of alkyl halides is 1. The average Bonchev–Trinajstić information content (AvgIpc) is 2.13. The van der Waals surface area contributed by atoms with Crippen LogP contribution in [0.4, 0.5) is 4.39 Å². The summed E-state index contributed by atoms with van der Waals surface area (Å²) in [6, 6.07) is 0. The van der Waals surface area contributed by atoms with E-state index in [-0.39, 0.29) is 0 Å². The van der Waals surface area contributed by atoms with E-state index in [0.29, 0.717) is 6.42 Å². The van der Waals surface area contributed by atoms with Gasteiger partial charge in [0.05, 0.1) is 0 Å². The van der Waals surface area contributed by atoms with E-state index in [0.717, 1.165) is 0 Å². The molecule has 0 aromatic carbocycles. The Morgan fingerprint density at radius 1 is 1.11 bits per heavy atom. The first kappa shape index (κ1) is 16.6. The van der Waals surface area contributed by atoms with E-state index in [9.17, 15) is 14.0 Å². The third kappa shape index (κ3) is 8.73. The van der Waals surface area contributed by atoms with E-state index in [1.54, 1.807) is 40.7 Å². The largest absolute Gasteiger partial charge is 0.457 e. The molecule has 0 unspecified atom stereocenters. The van der Waals surface area contributed by atoms with Gasteiger partial charge in [-0.1, -0.05) is 6.08 Å². The van der Waals surface area contributed by atoms with Gasteiger partial charge in [0.25, 0.3) is 0 Å². The van der Waals surface area contributed by atoms with Crippen LogP contribution in [0.25, 0.3) is 0 Å². The first-order valence-corrected chi connectivity index (χ1v) is 5.73. The first-order chi connectivity index (χ1) is 8.06. The molecule has 0 aliphatic carbocycles. The van der Waals surface area contributed by atoms with Crippen LogP contribution in [0.3, 0.4) is 0 Å². The Morgan fingerprint density at radius 3 is 2.11 bits per heavy atom. The number of rotatable bonds is 5. The van der Waals surface area contributed by atoms with Crippen molar-refractivity contribution >= 4 is 11.9 Å². The first-order valence-electron chi connectivity index (χ1n) is 5.73. The molecule has 0 aromatic rings.